The summed E-state index contributed by atoms with van der Waals surface area (Å²) in [6, 6.07) is -1.15. The van der Waals surface area contributed by atoms with Crippen LogP contribution in [0.15, 0.2) is 9.59 Å². The van der Waals surface area contributed by atoms with Crippen molar-refractivity contribution in [1.29, 1.82) is 0 Å². The highest BCUT2D eigenvalue weighted by molar-refractivity contribution is 7.16. The Labute approximate surface area is 130 Å². The number of carbonyl (C=O) groups excluding carboxylic acids is 1. The Morgan fingerprint density at radius 3 is 2.73 bits per heavy atom. The topological polar surface area (TPSA) is 93.3 Å². The summed E-state index contributed by atoms with van der Waals surface area (Å²) in [4.78, 5) is 37.6. The molecule has 1 atom stereocenters. The predicted octanol–water partition coefficient (Wildman–Crippen LogP) is 0.682. The lowest BCUT2D eigenvalue weighted by Crippen LogP contribution is -2.47. The Kier molecular flexibility index (Phi) is 4.82. The SMILES string of the molecule is CCCn1c(=O)c2c(C)[c]sc2n(C(=O)N[C@@H](C)CO)c1=O. The van der Waals surface area contributed by atoms with E-state index < -0.39 is 23.3 Å². The molecule has 0 spiro atoms. The number of aryl methyl sites for hydroxylation is 1. The molecule has 0 unspecified atom stereocenters. The van der Waals surface area contributed by atoms with E-state index in [0.29, 0.717) is 17.4 Å². The molecule has 2 aromatic heterocycles. The van der Waals surface area contributed by atoms with Crippen LogP contribution in [0.2, 0.25) is 0 Å². The number of rotatable bonds is 4. The average Bonchev–Trinajstić information content (AvgIpc) is 2.85. The van der Waals surface area contributed by atoms with Gasteiger partial charge in [0.15, 0.2) is 0 Å². The van der Waals surface area contributed by atoms with Gasteiger partial charge >= 0.3 is 11.7 Å². The zero-order chi connectivity index (χ0) is 16.4. The maximum absolute atomic E-state index is 12.5. The molecule has 2 N–H and O–H groups in total. The van der Waals surface area contributed by atoms with Gasteiger partial charge < -0.3 is 10.4 Å². The van der Waals surface area contributed by atoms with Crippen LogP contribution < -0.4 is 16.6 Å². The van der Waals surface area contributed by atoms with Crippen molar-refractivity contribution in [1.82, 2.24) is 14.5 Å². The highest BCUT2D eigenvalue weighted by Crippen LogP contribution is 2.20. The first-order valence-corrected chi connectivity index (χ1v) is 7.82. The first kappa shape index (κ1) is 16.4. The number of amides is 1. The quantitative estimate of drug-likeness (QED) is 0.865. The van der Waals surface area contributed by atoms with E-state index in [9.17, 15) is 14.4 Å². The molecule has 2 aromatic rings. The van der Waals surface area contributed by atoms with Gasteiger partial charge in [-0.15, -0.1) is 11.3 Å². The maximum atomic E-state index is 12.5. The van der Waals surface area contributed by atoms with Gasteiger partial charge in [0.1, 0.15) is 4.83 Å². The lowest BCUT2D eigenvalue weighted by Gasteiger charge is -2.14. The Bertz CT molecular complexity index is 818. The third kappa shape index (κ3) is 2.71. The molecule has 0 saturated carbocycles. The lowest BCUT2D eigenvalue weighted by atomic mass is 10.2. The fourth-order valence-corrected chi connectivity index (χ4v) is 3.09. The number of aromatic nitrogens is 2. The van der Waals surface area contributed by atoms with E-state index in [2.05, 4.69) is 10.7 Å². The summed E-state index contributed by atoms with van der Waals surface area (Å²) >= 11 is 1.06. The van der Waals surface area contributed by atoms with Crippen LogP contribution in [0, 0.1) is 12.3 Å². The molecule has 0 aliphatic carbocycles. The molecule has 0 aliphatic heterocycles. The number of nitrogens with one attached hydrogen (secondary N) is 1. The van der Waals surface area contributed by atoms with Gasteiger partial charge in [-0.05, 0) is 25.8 Å². The number of thiophene rings is 1. The smallest absolute Gasteiger partial charge is 0.340 e. The number of nitrogens with zero attached hydrogens (tertiary/aromatic N) is 2. The van der Waals surface area contributed by atoms with Crippen LogP contribution in [-0.2, 0) is 6.54 Å². The fourth-order valence-electron chi connectivity index (χ4n) is 2.15. The fraction of sp³-hybridized carbons (Fsp3) is 0.500. The van der Waals surface area contributed by atoms with Crippen LogP contribution in [0.4, 0.5) is 4.79 Å². The minimum Gasteiger partial charge on any atom is -0.394 e. The van der Waals surface area contributed by atoms with Crippen molar-refractivity contribution in [2.45, 2.75) is 39.8 Å². The molecule has 8 heteroatoms. The van der Waals surface area contributed by atoms with Crippen molar-refractivity contribution < 1.29 is 9.90 Å². The molecule has 0 bridgehead atoms. The molecule has 0 saturated heterocycles. The molecule has 0 fully saturated rings. The second kappa shape index (κ2) is 6.45. The molecule has 22 heavy (non-hydrogen) atoms. The lowest BCUT2D eigenvalue weighted by molar-refractivity contribution is 0.221. The van der Waals surface area contributed by atoms with Crippen LogP contribution in [0.25, 0.3) is 10.2 Å². The number of aliphatic hydroxyl groups excluding tert-OH is 1. The zero-order valence-electron chi connectivity index (χ0n) is 12.7. The van der Waals surface area contributed by atoms with E-state index >= 15 is 0 Å². The Hall–Kier alpha value is -1.93. The van der Waals surface area contributed by atoms with Gasteiger partial charge in [0.05, 0.1) is 23.4 Å². The first-order valence-electron chi connectivity index (χ1n) is 7.00. The summed E-state index contributed by atoms with van der Waals surface area (Å²) < 4.78 is 2.02. The van der Waals surface area contributed by atoms with Crippen LogP contribution in [0.3, 0.4) is 0 Å². The highest BCUT2D eigenvalue weighted by Gasteiger charge is 2.21. The van der Waals surface area contributed by atoms with E-state index in [4.69, 9.17) is 5.11 Å². The molecule has 2 rings (SSSR count). The summed E-state index contributed by atoms with van der Waals surface area (Å²) in [5, 5.41) is 14.8. The Morgan fingerprint density at radius 2 is 2.14 bits per heavy atom. The minimum absolute atomic E-state index is 0.242. The molecule has 1 amide bonds. The molecule has 2 heterocycles. The third-order valence-corrected chi connectivity index (χ3v) is 4.26. The normalized spacial score (nSPS) is 12.5. The second-order valence-corrected chi connectivity index (χ2v) is 5.91. The van der Waals surface area contributed by atoms with Crippen molar-refractivity contribution in [3.8, 4) is 0 Å². The molecular weight excluding hydrogens is 306 g/mol. The number of carbonyl (C=O) groups is 1. The minimum atomic E-state index is -0.669. The van der Waals surface area contributed by atoms with Gasteiger partial charge in [-0.2, -0.15) is 0 Å². The van der Waals surface area contributed by atoms with Crippen LogP contribution in [0.5, 0.6) is 0 Å². The van der Waals surface area contributed by atoms with E-state index in [-0.39, 0.29) is 18.0 Å². The summed E-state index contributed by atoms with van der Waals surface area (Å²) in [5.74, 6) is 0. The summed E-state index contributed by atoms with van der Waals surface area (Å²) in [6.07, 6.45) is 0.599. The van der Waals surface area contributed by atoms with E-state index in [1.807, 2.05) is 6.92 Å². The first-order chi connectivity index (χ1) is 10.4. The van der Waals surface area contributed by atoms with E-state index in [1.165, 1.54) is 0 Å². The zero-order valence-corrected chi connectivity index (χ0v) is 13.5. The van der Waals surface area contributed by atoms with Crippen molar-refractivity contribution in [3.05, 3.63) is 31.8 Å². The predicted molar refractivity (Wildman–Crippen MR) is 84.7 cm³/mol. The van der Waals surface area contributed by atoms with Gasteiger partial charge in [-0.1, -0.05) is 6.92 Å². The number of aliphatic hydroxyl groups is 1. The highest BCUT2D eigenvalue weighted by atomic mass is 32.1. The second-order valence-electron chi connectivity index (χ2n) is 5.12. The Balaban J connectivity index is 2.75. The average molecular weight is 324 g/mol. The molecule has 7 nitrogen and oxygen atoms in total. The maximum Gasteiger partial charge on any atom is 0.340 e. The van der Waals surface area contributed by atoms with Crippen molar-refractivity contribution in [3.63, 3.8) is 0 Å². The monoisotopic (exact) mass is 324 g/mol. The van der Waals surface area contributed by atoms with Crippen LogP contribution >= 0.6 is 11.3 Å². The largest absolute Gasteiger partial charge is 0.394 e. The van der Waals surface area contributed by atoms with Crippen LogP contribution in [-0.4, -0.2) is 32.9 Å². The van der Waals surface area contributed by atoms with Crippen molar-refractivity contribution in [2.75, 3.05) is 6.61 Å². The molecular formula is C14H18N3O4S. The van der Waals surface area contributed by atoms with E-state index in [1.54, 1.807) is 13.8 Å². The van der Waals surface area contributed by atoms with Crippen molar-refractivity contribution >= 4 is 27.6 Å². The summed E-state index contributed by atoms with van der Waals surface area (Å²) in [5.41, 5.74) is -0.444. The van der Waals surface area contributed by atoms with Gasteiger partial charge in [-0.3, -0.25) is 9.36 Å². The standard InChI is InChI=1S/C14H18N3O4S/c1-4-5-16-11(19)10-8(2)7-22-12(10)17(14(16)21)13(20)15-9(3)6-18/h9,18H,4-6H2,1-3H3,(H,15,20)/t9-/m0/s1. The van der Waals surface area contributed by atoms with Gasteiger partial charge in [-0.25, -0.2) is 14.2 Å². The van der Waals surface area contributed by atoms with Gasteiger partial charge in [0.25, 0.3) is 5.56 Å². The molecule has 0 aromatic carbocycles. The van der Waals surface area contributed by atoms with Crippen molar-refractivity contribution in [2.24, 2.45) is 0 Å². The van der Waals surface area contributed by atoms with Gasteiger partial charge in [0.2, 0.25) is 0 Å². The number of fused-ring (bicyclic) bond motifs is 1. The Morgan fingerprint density at radius 1 is 1.45 bits per heavy atom. The third-order valence-electron chi connectivity index (χ3n) is 3.27. The van der Waals surface area contributed by atoms with E-state index in [0.717, 1.165) is 20.5 Å². The van der Waals surface area contributed by atoms with Crippen LogP contribution in [0.1, 0.15) is 25.8 Å². The summed E-state index contributed by atoms with van der Waals surface area (Å²) in [7, 11) is 0. The molecule has 119 valence electrons. The molecule has 1 radical (unpaired) electrons. The van der Waals surface area contributed by atoms with Gasteiger partial charge in [0, 0.05) is 6.54 Å². The number of hydrogen-bond acceptors (Lipinski definition) is 5. The summed E-state index contributed by atoms with van der Waals surface area (Å²) in [6.45, 7) is 5.19. The number of hydrogen-bond donors (Lipinski definition) is 2. The molecule has 0 aliphatic rings.